The number of ether oxygens (including phenoxy) is 3. The van der Waals surface area contributed by atoms with Crippen LogP contribution in [0.2, 0.25) is 10.0 Å². The molecule has 6 rings (SSSR count). The van der Waals surface area contributed by atoms with Crippen LogP contribution in [0.4, 0.5) is 0 Å². The van der Waals surface area contributed by atoms with Gasteiger partial charge in [0.1, 0.15) is 12.2 Å². The Morgan fingerprint density at radius 3 is 2.51 bits per heavy atom. The number of amides is 2. The zero-order valence-electron chi connectivity index (χ0n) is 25.4. The number of halogens is 2. The zero-order valence-corrected chi connectivity index (χ0v) is 26.9. The summed E-state index contributed by atoms with van der Waals surface area (Å²) in [6.45, 7) is -0.730. The fraction of sp³-hybridized carbons (Fsp3) is 0.294. The first-order valence-corrected chi connectivity index (χ1v) is 15.5. The van der Waals surface area contributed by atoms with Gasteiger partial charge in [-0.1, -0.05) is 41.4 Å². The summed E-state index contributed by atoms with van der Waals surface area (Å²) in [5, 5.41) is 35.4. The molecule has 1 aliphatic heterocycles. The molecule has 3 aromatic carbocycles. The molecule has 4 unspecified atom stereocenters. The Morgan fingerprint density at radius 2 is 1.81 bits per heavy atom. The number of hydrogen-bond acceptors (Lipinski definition) is 9. The van der Waals surface area contributed by atoms with Crippen LogP contribution in [0.25, 0.3) is 11.0 Å². The number of aliphatic hydroxyl groups is 3. The average Bonchev–Trinajstić information content (AvgIpc) is 3.69. The maximum Gasteiger partial charge on any atom is 0.290 e. The van der Waals surface area contributed by atoms with Crippen molar-refractivity contribution in [3.05, 3.63) is 98.7 Å². The van der Waals surface area contributed by atoms with Crippen molar-refractivity contribution in [3.8, 4) is 17.2 Å². The fourth-order valence-electron chi connectivity index (χ4n) is 6.21. The van der Waals surface area contributed by atoms with Crippen LogP contribution in [-0.4, -0.2) is 77.7 Å². The monoisotopic (exact) mass is 682 g/mol. The van der Waals surface area contributed by atoms with Gasteiger partial charge >= 0.3 is 0 Å². The highest BCUT2D eigenvalue weighted by Crippen LogP contribution is 2.51. The molecule has 1 aliphatic carbocycles. The highest BCUT2D eigenvalue weighted by molar-refractivity contribution is 6.35. The Bertz CT molecular complexity index is 1870. The summed E-state index contributed by atoms with van der Waals surface area (Å²) >= 11 is 12.7. The van der Waals surface area contributed by atoms with Crippen molar-refractivity contribution in [1.82, 2.24) is 10.2 Å². The third-order valence-electron chi connectivity index (χ3n) is 8.41. The number of fused-ring (bicyclic) bond motifs is 4. The van der Waals surface area contributed by atoms with Gasteiger partial charge < -0.3 is 44.2 Å². The Labute approximate surface area is 279 Å². The zero-order chi connectivity index (χ0) is 33.4. The molecule has 4 N–H and O–H groups in total. The van der Waals surface area contributed by atoms with Crippen molar-refractivity contribution in [1.29, 1.82) is 0 Å². The SMILES string of the molecule is COc1cc(CO)cc2c1OC1C2C(C(=O)NCCO)=CC(N(Cc2ccc(Cl)cc2Cl)C(=O)c2cc3cccc(OC)c3o2)C1O. The third kappa shape index (κ3) is 6.01. The number of para-hydroxylation sites is 1. The van der Waals surface area contributed by atoms with E-state index in [0.29, 0.717) is 55.0 Å². The van der Waals surface area contributed by atoms with Crippen LogP contribution >= 0.6 is 23.2 Å². The van der Waals surface area contributed by atoms with Gasteiger partial charge in [-0.25, -0.2) is 0 Å². The molecule has 13 heteroatoms. The molecule has 0 radical (unpaired) electrons. The number of nitrogens with one attached hydrogen (secondary N) is 1. The number of carbonyl (C=O) groups is 2. The predicted octanol–water partition coefficient (Wildman–Crippen LogP) is 4.21. The fourth-order valence-corrected chi connectivity index (χ4v) is 6.68. The number of furan rings is 1. The molecule has 2 amide bonds. The standard InChI is InChI=1S/C34H32Cl2N2O9/c1-44-25-5-3-4-18-12-27(46-30(18)25)34(43)38(15-19-6-7-20(35)13-23(19)36)24-14-22(33(42)37-8-9-39)28-21-10-17(16-40)11-26(45-2)31(21)47-32(28)29(24)41/h3-7,10-14,24,28-29,32,39-41H,8-9,15-16H2,1-2H3,(H,37,42). The number of aliphatic hydroxyl groups excluding tert-OH is 3. The second-order valence-corrected chi connectivity index (χ2v) is 12.0. The third-order valence-corrected chi connectivity index (χ3v) is 9.00. The lowest BCUT2D eigenvalue weighted by molar-refractivity contribution is -0.118. The predicted molar refractivity (Wildman–Crippen MR) is 173 cm³/mol. The molecule has 4 aromatic rings. The van der Waals surface area contributed by atoms with Gasteiger partial charge in [-0.3, -0.25) is 9.59 Å². The maximum atomic E-state index is 14.4. The van der Waals surface area contributed by atoms with Gasteiger partial charge in [-0.15, -0.1) is 0 Å². The quantitative estimate of drug-likeness (QED) is 0.193. The van der Waals surface area contributed by atoms with Gasteiger partial charge in [0.25, 0.3) is 5.91 Å². The first-order chi connectivity index (χ1) is 22.7. The number of hydrogen-bond donors (Lipinski definition) is 4. The molecule has 1 aromatic heterocycles. The van der Waals surface area contributed by atoms with Gasteiger partial charge in [-0.2, -0.15) is 0 Å². The van der Waals surface area contributed by atoms with Crippen LogP contribution in [0.3, 0.4) is 0 Å². The molecule has 0 spiro atoms. The molecule has 0 fully saturated rings. The summed E-state index contributed by atoms with van der Waals surface area (Å²) in [4.78, 5) is 29.5. The van der Waals surface area contributed by atoms with E-state index in [1.165, 1.54) is 25.2 Å². The van der Waals surface area contributed by atoms with Crippen LogP contribution in [0.1, 0.15) is 33.2 Å². The van der Waals surface area contributed by atoms with Crippen LogP contribution in [0, 0.1) is 0 Å². The van der Waals surface area contributed by atoms with Crippen molar-refractivity contribution < 1.29 is 43.5 Å². The second-order valence-electron chi connectivity index (χ2n) is 11.2. The normalized spacial score (nSPS) is 19.8. The Hall–Kier alpha value is -4.26. The lowest BCUT2D eigenvalue weighted by Crippen LogP contribution is -2.55. The van der Waals surface area contributed by atoms with Crippen molar-refractivity contribution >= 4 is 46.0 Å². The van der Waals surface area contributed by atoms with Gasteiger partial charge in [-0.05, 0) is 53.6 Å². The molecular formula is C34H32Cl2N2O9. The number of nitrogens with zero attached hydrogens (tertiary/aromatic N) is 1. The lowest BCUT2D eigenvalue weighted by Gasteiger charge is -2.40. The molecule has 11 nitrogen and oxygen atoms in total. The minimum Gasteiger partial charge on any atom is -0.493 e. The molecule has 0 saturated heterocycles. The molecular weight excluding hydrogens is 651 g/mol. The topological polar surface area (TPSA) is 151 Å². The summed E-state index contributed by atoms with van der Waals surface area (Å²) in [6, 6.07) is 13.9. The van der Waals surface area contributed by atoms with Crippen molar-refractivity contribution in [3.63, 3.8) is 0 Å². The van der Waals surface area contributed by atoms with E-state index in [2.05, 4.69) is 5.32 Å². The smallest absolute Gasteiger partial charge is 0.290 e. The molecule has 0 bridgehead atoms. The minimum absolute atomic E-state index is 0.0294. The van der Waals surface area contributed by atoms with E-state index in [4.69, 9.17) is 41.8 Å². The van der Waals surface area contributed by atoms with Crippen LogP contribution in [0.5, 0.6) is 17.2 Å². The van der Waals surface area contributed by atoms with E-state index in [1.807, 2.05) is 0 Å². The number of carbonyl (C=O) groups excluding carboxylic acids is 2. The van der Waals surface area contributed by atoms with E-state index in [-0.39, 0.29) is 37.6 Å². The Balaban J connectivity index is 1.49. The highest BCUT2D eigenvalue weighted by Gasteiger charge is 2.51. The van der Waals surface area contributed by atoms with E-state index in [9.17, 15) is 24.9 Å². The Kier molecular flexibility index (Phi) is 9.36. The van der Waals surface area contributed by atoms with Crippen molar-refractivity contribution in [2.24, 2.45) is 0 Å². The first-order valence-electron chi connectivity index (χ1n) is 14.8. The van der Waals surface area contributed by atoms with Gasteiger partial charge in [0, 0.05) is 39.7 Å². The maximum absolute atomic E-state index is 14.4. The summed E-state index contributed by atoms with van der Waals surface area (Å²) in [5.41, 5.74) is 2.14. The Morgan fingerprint density at radius 1 is 1.02 bits per heavy atom. The minimum atomic E-state index is -1.36. The first kappa shape index (κ1) is 32.7. The van der Waals surface area contributed by atoms with Crippen LogP contribution in [-0.2, 0) is 17.9 Å². The highest BCUT2D eigenvalue weighted by atomic mass is 35.5. The molecule has 0 saturated carbocycles. The number of methoxy groups -OCH3 is 2. The van der Waals surface area contributed by atoms with Gasteiger partial charge in [0.05, 0.1) is 39.4 Å². The van der Waals surface area contributed by atoms with E-state index < -0.39 is 36.0 Å². The van der Waals surface area contributed by atoms with E-state index >= 15 is 0 Å². The van der Waals surface area contributed by atoms with E-state index in [0.717, 1.165) is 0 Å². The van der Waals surface area contributed by atoms with Gasteiger partial charge in [0.2, 0.25) is 5.91 Å². The average molecular weight is 684 g/mol. The molecule has 2 heterocycles. The molecule has 2 aliphatic rings. The molecule has 47 heavy (non-hydrogen) atoms. The summed E-state index contributed by atoms with van der Waals surface area (Å²) in [7, 11) is 2.94. The summed E-state index contributed by atoms with van der Waals surface area (Å²) < 4.78 is 23.3. The molecule has 246 valence electrons. The number of benzene rings is 3. The van der Waals surface area contributed by atoms with Crippen LogP contribution < -0.4 is 19.5 Å². The second kappa shape index (κ2) is 13.5. The van der Waals surface area contributed by atoms with Crippen molar-refractivity contribution in [2.45, 2.75) is 37.3 Å². The van der Waals surface area contributed by atoms with Crippen molar-refractivity contribution in [2.75, 3.05) is 27.4 Å². The lowest BCUT2D eigenvalue weighted by atomic mass is 9.77. The van der Waals surface area contributed by atoms with Crippen LogP contribution in [0.15, 0.2) is 70.7 Å². The van der Waals surface area contributed by atoms with E-state index in [1.54, 1.807) is 54.6 Å². The molecule has 4 atom stereocenters. The summed E-state index contributed by atoms with van der Waals surface area (Å²) in [5.74, 6) is -0.888. The summed E-state index contributed by atoms with van der Waals surface area (Å²) in [6.07, 6.45) is -0.873. The number of rotatable bonds is 10. The largest absolute Gasteiger partial charge is 0.493 e. The van der Waals surface area contributed by atoms with Gasteiger partial charge in [0.15, 0.2) is 28.6 Å².